The largest absolute Gasteiger partial charge is 0.459 e. The molecule has 0 saturated carbocycles. The average molecular weight is 308 g/mol. The zero-order valence-corrected chi connectivity index (χ0v) is 13.8. The van der Waals surface area contributed by atoms with Crippen LogP contribution in [0.3, 0.4) is 0 Å². The summed E-state index contributed by atoms with van der Waals surface area (Å²) in [6.07, 6.45) is 1.15. The van der Waals surface area contributed by atoms with Crippen LogP contribution in [0.25, 0.3) is 0 Å². The molecule has 0 bridgehead atoms. The van der Waals surface area contributed by atoms with E-state index in [4.69, 9.17) is 9.15 Å². The maximum atomic E-state index is 12.5. The van der Waals surface area contributed by atoms with E-state index < -0.39 is 5.60 Å². The fourth-order valence-electron chi connectivity index (χ4n) is 2.73. The maximum Gasteiger partial charge on any atom is 0.410 e. The third-order valence-electron chi connectivity index (χ3n) is 3.54. The van der Waals surface area contributed by atoms with Crippen molar-refractivity contribution in [2.75, 3.05) is 13.1 Å². The zero-order valence-electron chi connectivity index (χ0n) is 13.8. The molecule has 0 aromatic carbocycles. The van der Waals surface area contributed by atoms with Gasteiger partial charge < -0.3 is 19.0 Å². The van der Waals surface area contributed by atoms with Crippen molar-refractivity contribution in [2.24, 2.45) is 0 Å². The summed E-state index contributed by atoms with van der Waals surface area (Å²) < 4.78 is 10.6. The van der Waals surface area contributed by atoms with E-state index in [1.165, 1.54) is 6.26 Å². The van der Waals surface area contributed by atoms with Gasteiger partial charge >= 0.3 is 6.09 Å². The van der Waals surface area contributed by atoms with Gasteiger partial charge in [0, 0.05) is 25.2 Å². The number of piperazine rings is 1. The molecule has 0 aliphatic carbocycles. The molecule has 6 nitrogen and oxygen atoms in total. The Labute approximate surface area is 131 Å². The highest BCUT2D eigenvalue weighted by molar-refractivity contribution is 5.92. The predicted molar refractivity (Wildman–Crippen MR) is 81.6 cm³/mol. The van der Waals surface area contributed by atoms with Crippen LogP contribution in [-0.4, -0.2) is 52.6 Å². The summed E-state index contributed by atoms with van der Waals surface area (Å²) in [5, 5.41) is 0. The first-order valence-corrected chi connectivity index (χ1v) is 7.53. The molecule has 0 spiro atoms. The lowest BCUT2D eigenvalue weighted by atomic mass is 10.1. The molecule has 22 heavy (non-hydrogen) atoms. The van der Waals surface area contributed by atoms with Gasteiger partial charge in [-0.05, 0) is 46.8 Å². The highest BCUT2D eigenvalue weighted by Crippen LogP contribution is 2.21. The SMILES string of the molecule is C[C@@H]1CN(C(=O)OC(C)(C)C)C[C@H](C)N1C(=O)c1ccco1. The third-order valence-corrected chi connectivity index (χ3v) is 3.54. The Hall–Kier alpha value is -1.98. The van der Waals surface area contributed by atoms with E-state index >= 15 is 0 Å². The van der Waals surface area contributed by atoms with Gasteiger partial charge in [0.2, 0.25) is 0 Å². The number of hydrogen-bond acceptors (Lipinski definition) is 4. The molecule has 0 radical (unpaired) electrons. The van der Waals surface area contributed by atoms with Gasteiger partial charge in [0.1, 0.15) is 5.60 Å². The summed E-state index contributed by atoms with van der Waals surface area (Å²) >= 11 is 0. The second-order valence-corrected chi connectivity index (χ2v) is 6.77. The summed E-state index contributed by atoms with van der Waals surface area (Å²) in [6.45, 7) is 10.3. The second-order valence-electron chi connectivity index (χ2n) is 6.77. The summed E-state index contributed by atoms with van der Waals surface area (Å²) in [6, 6.07) is 3.14. The van der Waals surface area contributed by atoms with Crippen molar-refractivity contribution in [1.82, 2.24) is 9.80 Å². The Bertz CT molecular complexity index is 521. The Morgan fingerprint density at radius 1 is 1.23 bits per heavy atom. The smallest absolute Gasteiger partial charge is 0.410 e. The number of carbonyl (C=O) groups excluding carboxylic acids is 2. The molecule has 1 fully saturated rings. The Kier molecular flexibility index (Phi) is 4.49. The van der Waals surface area contributed by atoms with Gasteiger partial charge in [0.25, 0.3) is 5.91 Å². The van der Waals surface area contributed by atoms with Crippen LogP contribution in [0.4, 0.5) is 4.79 Å². The van der Waals surface area contributed by atoms with Crippen LogP contribution in [0.15, 0.2) is 22.8 Å². The van der Waals surface area contributed by atoms with Gasteiger partial charge in [-0.1, -0.05) is 0 Å². The summed E-state index contributed by atoms with van der Waals surface area (Å²) in [4.78, 5) is 28.1. The Morgan fingerprint density at radius 2 is 1.82 bits per heavy atom. The van der Waals surface area contributed by atoms with E-state index in [1.807, 2.05) is 34.6 Å². The van der Waals surface area contributed by atoms with Crippen LogP contribution in [-0.2, 0) is 4.74 Å². The molecule has 1 saturated heterocycles. The van der Waals surface area contributed by atoms with Crippen LogP contribution in [0.1, 0.15) is 45.2 Å². The van der Waals surface area contributed by atoms with Crippen molar-refractivity contribution in [3.05, 3.63) is 24.2 Å². The number of furan rings is 1. The zero-order chi connectivity index (χ0) is 16.5. The molecule has 1 aliphatic heterocycles. The molecule has 2 amide bonds. The molecular weight excluding hydrogens is 284 g/mol. The van der Waals surface area contributed by atoms with Crippen LogP contribution in [0.2, 0.25) is 0 Å². The predicted octanol–water partition coefficient (Wildman–Crippen LogP) is 2.75. The highest BCUT2D eigenvalue weighted by atomic mass is 16.6. The fraction of sp³-hybridized carbons (Fsp3) is 0.625. The minimum Gasteiger partial charge on any atom is -0.459 e. The number of carbonyl (C=O) groups is 2. The van der Waals surface area contributed by atoms with E-state index in [9.17, 15) is 9.59 Å². The Balaban J connectivity index is 2.06. The van der Waals surface area contributed by atoms with Crippen LogP contribution >= 0.6 is 0 Å². The van der Waals surface area contributed by atoms with Gasteiger partial charge in [-0.3, -0.25) is 4.79 Å². The summed E-state index contributed by atoms with van der Waals surface area (Å²) in [5.74, 6) is 0.179. The first-order valence-electron chi connectivity index (χ1n) is 7.53. The number of hydrogen-bond donors (Lipinski definition) is 0. The molecule has 6 heteroatoms. The van der Waals surface area contributed by atoms with Crippen molar-refractivity contribution >= 4 is 12.0 Å². The number of rotatable bonds is 1. The minimum atomic E-state index is -0.523. The molecule has 1 aliphatic rings. The average Bonchev–Trinajstić information content (AvgIpc) is 2.89. The summed E-state index contributed by atoms with van der Waals surface area (Å²) in [5.41, 5.74) is -0.523. The molecule has 122 valence electrons. The molecule has 1 aromatic rings. The van der Waals surface area contributed by atoms with E-state index in [-0.39, 0.29) is 24.1 Å². The van der Waals surface area contributed by atoms with Crippen LogP contribution in [0, 0.1) is 0 Å². The quantitative estimate of drug-likeness (QED) is 0.800. The normalized spacial score (nSPS) is 22.6. The molecule has 2 heterocycles. The van der Waals surface area contributed by atoms with Gasteiger partial charge in [-0.15, -0.1) is 0 Å². The van der Waals surface area contributed by atoms with Crippen LogP contribution < -0.4 is 0 Å². The van der Waals surface area contributed by atoms with Gasteiger partial charge in [0.05, 0.1) is 6.26 Å². The van der Waals surface area contributed by atoms with E-state index in [0.29, 0.717) is 18.8 Å². The van der Waals surface area contributed by atoms with Gasteiger partial charge in [-0.25, -0.2) is 4.79 Å². The van der Waals surface area contributed by atoms with Crippen molar-refractivity contribution < 1.29 is 18.7 Å². The maximum absolute atomic E-state index is 12.5. The molecule has 1 aromatic heterocycles. The molecule has 2 rings (SSSR count). The minimum absolute atomic E-state index is 0.103. The van der Waals surface area contributed by atoms with E-state index in [1.54, 1.807) is 21.9 Å². The molecule has 0 N–H and O–H groups in total. The third kappa shape index (κ3) is 3.61. The number of nitrogens with zero attached hydrogens (tertiary/aromatic N) is 2. The molecular formula is C16H24N2O4. The van der Waals surface area contributed by atoms with E-state index in [0.717, 1.165) is 0 Å². The lowest BCUT2D eigenvalue weighted by Crippen LogP contribution is -2.60. The van der Waals surface area contributed by atoms with Crippen molar-refractivity contribution in [3.63, 3.8) is 0 Å². The van der Waals surface area contributed by atoms with Crippen LogP contribution in [0.5, 0.6) is 0 Å². The second kappa shape index (κ2) is 6.02. The number of amides is 2. The standard InChI is InChI=1S/C16H24N2O4/c1-11-9-17(15(20)22-16(3,4)5)10-12(2)18(11)14(19)13-7-6-8-21-13/h6-8,11-12H,9-10H2,1-5H3/t11-,12+. The lowest BCUT2D eigenvalue weighted by Gasteiger charge is -2.44. The summed E-state index contributed by atoms with van der Waals surface area (Å²) in [7, 11) is 0. The van der Waals surface area contributed by atoms with Crippen molar-refractivity contribution in [3.8, 4) is 0 Å². The van der Waals surface area contributed by atoms with Crippen molar-refractivity contribution in [2.45, 2.75) is 52.3 Å². The topological polar surface area (TPSA) is 63.0 Å². The lowest BCUT2D eigenvalue weighted by molar-refractivity contribution is -0.00567. The van der Waals surface area contributed by atoms with Gasteiger partial charge in [-0.2, -0.15) is 0 Å². The first-order chi connectivity index (χ1) is 10.2. The van der Waals surface area contributed by atoms with Gasteiger partial charge in [0.15, 0.2) is 5.76 Å². The monoisotopic (exact) mass is 308 g/mol. The molecule has 2 atom stereocenters. The number of ether oxygens (including phenoxy) is 1. The van der Waals surface area contributed by atoms with Crippen molar-refractivity contribution in [1.29, 1.82) is 0 Å². The van der Waals surface area contributed by atoms with E-state index in [2.05, 4.69) is 0 Å². The first kappa shape index (κ1) is 16.4. The molecule has 0 unspecified atom stereocenters. The highest BCUT2D eigenvalue weighted by Gasteiger charge is 2.37. The fourth-order valence-corrected chi connectivity index (χ4v) is 2.73. The Morgan fingerprint density at radius 3 is 2.27 bits per heavy atom.